The highest BCUT2D eigenvalue weighted by Crippen LogP contribution is 2.43. The monoisotopic (exact) mass is 900 g/mol. The van der Waals surface area contributed by atoms with Gasteiger partial charge in [-0.05, 0) is 38.5 Å². The molecule has 0 aliphatic carbocycles. The largest absolute Gasteiger partial charge is 0.472 e. The van der Waals surface area contributed by atoms with Crippen LogP contribution in [0, 0.1) is 0 Å². The predicted molar refractivity (Wildman–Crippen MR) is 268 cm³/mol. The van der Waals surface area contributed by atoms with Gasteiger partial charge >= 0.3 is 7.82 Å². The van der Waals surface area contributed by atoms with Crippen LogP contribution in [-0.4, -0.2) is 73.4 Å². The Balaban J connectivity index is 3.92. The van der Waals surface area contributed by atoms with E-state index in [9.17, 15) is 19.4 Å². The molecule has 0 rings (SSSR count). The zero-order valence-electron chi connectivity index (χ0n) is 42.1. The standard InChI is InChI=1S/C53H107N2O6P/c1-6-8-10-12-14-16-17-18-19-20-21-22-23-24-25-26-27-28-29-30-31-32-33-34-35-36-37-39-41-43-45-47-53(57)54-51(50-61-62(58,59)60-49-48-55(3,4)5)52(56)46-44-42-40-38-15-13-11-9-7-2/h24-25,51-52,56H,6-23,26-50H2,1-5H3,(H-,54,57,58,59)/p+1/b25-24-. The van der Waals surface area contributed by atoms with E-state index >= 15 is 0 Å². The maximum atomic E-state index is 12.9. The van der Waals surface area contributed by atoms with Gasteiger partial charge in [0.15, 0.2) is 0 Å². The number of unbranched alkanes of at least 4 members (excludes halogenated alkanes) is 35. The van der Waals surface area contributed by atoms with Crippen LogP contribution in [-0.2, 0) is 18.4 Å². The van der Waals surface area contributed by atoms with Crippen LogP contribution in [0.2, 0.25) is 0 Å². The molecule has 370 valence electrons. The summed E-state index contributed by atoms with van der Waals surface area (Å²) in [7, 11) is 1.62. The number of aliphatic hydroxyl groups is 1. The molecule has 0 saturated heterocycles. The van der Waals surface area contributed by atoms with Crippen LogP contribution in [0.5, 0.6) is 0 Å². The second-order valence-electron chi connectivity index (χ2n) is 20.0. The molecule has 0 spiro atoms. The highest BCUT2D eigenvalue weighted by Gasteiger charge is 2.28. The van der Waals surface area contributed by atoms with E-state index < -0.39 is 20.0 Å². The number of aliphatic hydroxyl groups excluding tert-OH is 1. The van der Waals surface area contributed by atoms with Crippen molar-refractivity contribution in [3.05, 3.63) is 12.2 Å². The van der Waals surface area contributed by atoms with Gasteiger partial charge in [-0.15, -0.1) is 0 Å². The summed E-state index contributed by atoms with van der Waals surface area (Å²) >= 11 is 0. The zero-order valence-corrected chi connectivity index (χ0v) is 43.0. The number of amides is 1. The molecule has 3 atom stereocenters. The third-order valence-corrected chi connectivity index (χ3v) is 13.5. The number of allylic oxidation sites excluding steroid dienone is 2. The van der Waals surface area contributed by atoms with Crippen molar-refractivity contribution in [1.82, 2.24) is 5.32 Å². The molecule has 0 aliphatic rings. The fraction of sp³-hybridized carbons (Fsp3) is 0.943. The molecule has 0 radical (unpaired) electrons. The highest BCUT2D eigenvalue weighted by molar-refractivity contribution is 7.47. The van der Waals surface area contributed by atoms with Crippen molar-refractivity contribution in [2.45, 2.75) is 283 Å². The molecular formula is C53H108N2O6P+. The molecule has 0 bridgehead atoms. The summed E-state index contributed by atoms with van der Waals surface area (Å²) in [5.74, 6) is -0.143. The number of likely N-dealkylation sites (N-methyl/N-ethyl adjacent to an activating group) is 1. The van der Waals surface area contributed by atoms with Crippen LogP contribution in [0.4, 0.5) is 0 Å². The first-order valence-corrected chi connectivity index (χ1v) is 28.5. The first-order chi connectivity index (χ1) is 30.0. The third-order valence-electron chi connectivity index (χ3n) is 12.5. The lowest BCUT2D eigenvalue weighted by molar-refractivity contribution is -0.870. The topological polar surface area (TPSA) is 105 Å². The fourth-order valence-electron chi connectivity index (χ4n) is 8.22. The molecule has 0 aromatic carbocycles. The maximum Gasteiger partial charge on any atom is 0.472 e. The van der Waals surface area contributed by atoms with Gasteiger partial charge in [0.05, 0.1) is 39.9 Å². The maximum absolute atomic E-state index is 12.9. The van der Waals surface area contributed by atoms with Crippen LogP contribution in [0.15, 0.2) is 12.2 Å². The lowest BCUT2D eigenvalue weighted by Crippen LogP contribution is -2.46. The molecule has 0 fully saturated rings. The Kier molecular flexibility index (Phi) is 44.8. The average molecular weight is 900 g/mol. The summed E-state index contributed by atoms with van der Waals surface area (Å²) in [5.41, 5.74) is 0. The van der Waals surface area contributed by atoms with Crippen LogP contribution in [0.3, 0.4) is 0 Å². The number of quaternary nitrogens is 1. The van der Waals surface area contributed by atoms with E-state index in [2.05, 4.69) is 31.3 Å². The molecule has 0 heterocycles. The van der Waals surface area contributed by atoms with Crippen LogP contribution >= 0.6 is 7.82 Å². The normalized spacial score (nSPS) is 14.1. The van der Waals surface area contributed by atoms with Gasteiger partial charge in [0.25, 0.3) is 0 Å². The van der Waals surface area contributed by atoms with Crippen molar-refractivity contribution in [2.24, 2.45) is 0 Å². The number of phosphoric ester groups is 1. The second kappa shape index (κ2) is 45.4. The minimum Gasteiger partial charge on any atom is -0.391 e. The molecule has 3 N–H and O–H groups in total. The van der Waals surface area contributed by atoms with E-state index in [0.717, 1.165) is 38.5 Å². The highest BCUT2D eigenvalue weighted by atomic mass is 31.2. The van der Waals surface area contributed by atoms with E-state index in [0.29, 0.717) is 23.9 Å². The summed E-state index contributed by atoms with van der Waals surface area (Å²) in [6.07, 6.45) is 54.3. The fourth-order valence-corrected chi connectivity index (χ4v) is 8.96. The number of nitrogens with zero attached hydrogens (tertiary/aromatic N) is 1. The lowest BCUT2D eigenvalue weighted by atomic mass is 10.0. The molecule has 0 aromatic rings. The molecule has 1 amide bonds. The SMILES string of the molecule is CCCCCCCCCCCCCC/C=C\CCCCCCCCCCCCCCCCCC(=O)NC(COP(=O)(O)OCC[N+](C)(C)C)C(O)CCCCCCCCCCC. The van der Waals surface area contributed by atoms with Crippen molar-refractivity contribution in [1.29, 1.82) is 0 Å². The van der Waals surface area contributed by atoms with E-state index in [1.54, 1.807) is 0 Å². The van der Waals surface area contributed by atoms with Crippen LogP contribution in [0.25, 0.3) is 0 Å². The van der Waals surface area contributed by atoms with Gasteiger partial charge in [-0.25, -0.2) is 4.57 Å². The Hall–Kier alpha value is -0.760. The number of phosphoric acid groups is 1. The molecule has 0 aliphatic heterocycles. The Morgan fingerprint density at radius 2 is 0.871 bits per heavy atom. The second-order valence-corrected chi connectivity index (χ2v) is 21.4. The average Bonchev–Trinajstić information content (AvgIpc) is 3.23. The first-order valence-electron chi connectivity index (χ1n) is 27.1. The Morgan fingerprint density at radius 3 is 1.24 bits per heavy atom. The summed E-state index contributed by atoms with van der Waals surface area (Å²) in [6.45, 7) is 4.89. The van der Waals surface area contributed by atoms with Crippen molar-refractivity contribution >= 4 is 13.7 Å². The van der Waals surface area contributed by atoms with Crippen molar-refractivity contribution in [3.8, 4) is 0 Å². The van der Waals surface area contributed by atoms with Crippen LogP contribution in [0.1, 0.15) is 271 Å². The molecule has 0 aromatic heterocycles. The summed E-state index contributed by atoms with van der Waals surface area (Å²) in [6, 6.07) is -0.755. The van der Waals surface area contributed by atoms with Crippen molar-refractivity contribution < 1.29 is 32.9 Å². The van der Waals surface area contributed by atoms with Gasteiger partial charge in [-0.1, -0.05) is 238 Å². The van der Waals surface area contributed by atoms with Gasteiger partial charge in [0, 0.05) is 6.42 Å². The molecule has 3 unspecified atom stereocenters. The zero-order chi connectivity index (χ0) is 45.7. The van der Waals surface area contributed by atoms with Crippen molar-refractivity contribution in [3.63, 3.8) is 0 Å². The van der Waals surface area contributed by atoms with E-state index in [1.165, 1.54) is 205 Å². The molecule has 9 heteroatoms. The number of carbonyl (C=O) groups excluding carboxylic acids is 1. The number of carbonyl (C=O) groups is 1. The smallest absolute Gasteiger partial charge is 0.391 e. The number of rotatable bonds is 50. The first kappa shape index (κ1) is 61.2. The quantitative estimate of drug-likeness (QED) is 0.0243. The lowest BCUT2D eigenvalue weighted by Gasteiger charge is -2.26. The molecular weight excluding hydrogens is 792 g/mol. The molecule has 8 nitrogen and oxygen atoms in total. The Morgan fingerprint density at radius 1 is 0.532 bits per heavy atom. The van der Waals surface area contributed by atoms with Gasteiger partial charge in [0.1, 0.15) is 13.2 Å². The van der Waals surface area contributed by atoms with Gasteiger partial charge < -0.3 is 19.8 Å². The van der Waals surface area contributed by atoms with Gasteiger partial charge in [-0.3, -0.25) is 13.8 Å². The van der Waals surface area contributed by atoms with Crippen molar-refractivity contribution in [2.75, 3.05) is 40.9 Å². The summed E-state index contributed by atoms with van der Waals surface area (Å²) < 4.78 is 23.6. The Bertz CT molecular complexity index is 1020. The van der Waals surface area contributed by atoms with Gasteiger partial charge in [0.2, 0.25) is 5.91 Å². The number of hydrogen-bond donors (Lipinski definition) is 3. The summed E-state index contributed by atoms with van der Waals surface area (Å²) in [4.78, 5) is 23.2. The number of hydrogen-bond acceptors (Lipinski definition) is 5. The van der Waals surface area contributed by atoms with E-state index in [4.69, 9.17) is 9.05 Å². The van der Waals surface area contributed by atoms with Gasteiger partial charge in [-0.2, -0.15) is 0 Å². The third kappa shape index (κ3) is 47.2. The Labute approximate surface area is 386 Å². The number of nitrogens with one attached hydrogen (secondary N) is 1. The minimum absolute atomic E-state index is 0.0769. The van der Waals surface area contributed by atoms with E-state index in [-0.39, 0.29) is 19.1 Å². The van der Waals surface area contributed by atoms with Crippen LogP contribution < -0.4 is 5.32 Å². The predicted octanol–water partition coefficient (Wildman–Crippen LogP) is 15.9. The molecule has 0 saturated carbocycles. The molecule has 62 heavy (non-hydrogen) atoms. The van der Waals surface area contributed by atoms with E-state index in [1.807, 2.05) is 21.1 Å². The minimum atomic E-state index is -4.31. The summed E-state index contributed by atoms with van der Waals surface area (Å²) in [5, 5.41) is 13.9.